The highest BCUT2D eigenvalue weighted by molar-refractivity contribution is 6.22. The van der Waals surface area contributed by atoms with Gasteiger partial charge in [0, 0.05) is 5.69 Å². The van der Waals surface area contributed by atoms with Crippen molar-refractivity contribution in [1.82, 2.24) is 0 Å². The second-order valence-corrected chi connectivity index (χ2v) is 10.3. The number of carbonyl (C=O) groups excluding carboxylic acids is 5. The molecule has 1 saturated heterocycles. The Labute approximate surface area is 219 Å². The maximum atomic E-state index is 13.0. The fraction of sp³-hybridized carbons (Fsp3) is 0.345. The summed E-state index contributed by atoms with van der Waals surface area (Å²) in [6.45, 7) is 3.69. The van der Waals surface area contributed by atoms with Gasteiger partial charge in [-0.25, -0.2) is 9.59 Å². The van der Waals surface area contributed by atoms with Crippen molar-refractivity contribution in [2.45, 2.75) is 20.3 Å². The number of carbonyl (C=O) groups is 5. The van der Waals surface area contributed by atoms with Gasteiger partial charge in [0.25, 0.3) is 5.91 Å². The molecule has 1 aliphatic heterocycles. The van der Waals surface area contributed by atoms with Crippen molar-refractivity contribution in [3.05, 3.63) is 71.8 Å². The third kappa shape index (κ3) is 4.83. The number of allylic oxidation sites excluding steroid dienone is 2. The summed E-state index contributed by atoms with van der Waals surface area (Å²) in [5.74, 6) is -2.21. The lowest BCUT2D eigenvalue weighted by molar-refractivity contribution is -0.123. The maximum Gasteiger partial charge on any atom is 0.338 e. The van der Waals surface area contributed by atoms with Gasteiger partial charge in [0.15, 0.2) is 6.61 Å². The number of benzene rings is 2. The van der Waals surface area contributed by atoms with Crippen LogP contribution in [0, 0.1) is 29.6 Å². The number of hydrogen-bond donors (Lipinski definition) is 1. The molecule has 2 aromatic carbocycles. The number of hydrogen-bond acceptors (Lipinski definition) is 7. The van der Waals surface area contributed by atoms with Crippen LogP contribution in [0.1, 0.15) is 41.0 Å². The Bertz CT molecular complexity index is 1280. The molecule has 4 atom stereocenters. The number of fused-ring (bicyclic) bond motifs is 5. The first-order chi connectivity index (χ1) is 18.2. The Morgan fingerprint density at radius 1 is 0.842 bits per heavy atom. The van der Waals surface area contributed by atoms with E-state index in [0.717, 1.165) is 6.42 Å². The van der Waals surface area contributed by atoms with E-state index >= 15 is 0 Å². The molecular weight excluding hydrogens is 488 g/mol. The monoisotopic (exact) mass is 516 g/mol. The fourth-order valence-corrected chi connectivity index (χ4v) is 5.33. The largest absolute Gasteiger partial charge is 0.462 e. The molecule has 0 radical (unpaired) electrons. The predicted octanol–water partition coefficient (Wildman–Crippen LogP) is 3.61. The quantitative estimate of drug-likeness (QED) is 0.323. The molecule has 2 aliphatic carbocycles. The van der Waals surface area contributed by atoms with Gasteiger partial charge in [-0.15, -0.1) is 0 Å². The smallest absolute Gasteiger partial charge is 0.338 e. The summed E-state index contributed by atoms with van der Waals surface area (Å²) in [6.07, 6.45) is 4.93. The van der Waals surface area contributed by atoms with Crippen molar-refractivity contribution < 1.29 is 33.4 Å². The Balaban J connectivity index is 1.12. The summed E-state index contributed by atoms with van der Waals surface area (Å²) in [6, 6.07) is 12.2. The van der Waals surface area contributed by atoms with E-state index in [2.05, 4.69) is 5.32 Å². The molecule has 38 heavy (non-hydrogen) atoms. The van der Waals surface area contributed by atoms with Gasteiger partial charge in [0.1, 0.15) is 0 Å². The van der Waals surface area contributed by atoms with Crippen LogP contribution in [-0.2, 0) is 23.9 Å². The molecular formula is C29H28N2O7. The van der Waals surface area contributed by atoms with Crippen molar-refractivity contribution >= 4 is 41.0 Å². The molecule has 0 aromatic heterocycles. The normalized spacial score (nSPS) is 23.1. The molecule has 1 heterocycles. The van der Waals surface area contributed by atoms with E-state index in [4.69, 9.17) is 9.47 Å². The molecule has 196 valence electrons. The highest BCUT2D eigenvalue weighted by Gasteiger charge is 2.59. The molecule has 2 bridgehead atoms. The summed E-state index contributed by atoms with van der Waals surface area (Å²) in [7, 11) is 0. The van der Waals surface area contributed by atoms with Gasteiger partial charge in [0.05, 0.1) is 35.3 Å². The lowest BCUT2D eigenvalue weighted by atomic mass is 9.85. The molecule has 3 aliphatic rings. The van der Waals surface area contributed by atoms with E-state index in [9.17, 15) is 24.0 Å². The van der Waals surface area contributed by atoms with Gasteiger partial charge < -0.3 is 14.8 Å². The molecule has 2 aromatic rings. The molecule has 1 saturated carbocycles. The molecule has 9 nitrogen and oxygen atoms in total. The molecule has 2 fully saturated rings. The zero-order chi connectivity index (χ0) is 27.0. The van der Waals surface area contributed by atoms with Gasteiger partial charge in [-0.2, -0.15) is 0 Å². The second kappa shape index (κ2) is 10.2. The summed E-state index contributed by atoms with van der Waals surface area (Å²) in [4.78, 5) is 63.8. The van der Waals surface area contributed by atoms with E-state index in [1.165, 1.54) is 41.3 Å². The van der Waals surface area contributed by atoms with E-state index in [0.29, 0.717) is 23.5 Å². The predicted molar refractivity (Wildman–Crippen MR) is 137 cm³/mol. The Morgan fingerprint density at radius 2 is 1.37 bits per heavy atom. The number of amides is 3. The summed E-state index contributed by atoms with van der Waals surface area (Å²) < 4.78 is 10.3. The molecule has 0 unspecified atom stereocenters. The van der Waals surface area contributed by atoms with E-state index in [-0.39, 0.29) is 47.0 Å². The van der Waals surface area contributed by atoms with Crippen LogP contribution in [-0.4, -0.2) is 42.9 Å². The summed E-state index contributed by atoms with van der Waals surface area (Å²) in [5, 5.41) is 2.60. The number of nitrogens with one attached hydrogen (secondary N) is 1. The van der Waals surface area contributed by atoms with Gasteiger partial charge in [-0.05, 0) is 72.7 Å². The number of ether oxygens (including phenoxy) is 2. The number of esters is 2. The van der Waals surface area contributed by atoms with Crippen molar-refractivity contribution in [1.29, 1.82) is 0 Å². The minimum absolute atomic E-state index is 0.121. The van der Waals surface area contributed by atoms with Gasteiger partial charge in [0.2, 0.25) is 11.8 Å². The van der Waals surface area contributed by atoms with Gasteiger partial charge >= 0.3 is 11.9 Å². The van der Waals surface area contributed by atoms with Gasteiger partial charge in [-0.1, -0.05) is 26.0 Å². The molecule has 1 N–H and O–H groups in total. The summed E-state index contributed by atoms with van der Waals surface area (Å²) >= 11 is 0. The zero-order valence-corrected chi connectivity index (χ0v) is 21.1. The lowest BCUT2D eigenvalue weighted by Crippen LogP contribution is -2.32. The SMILES string of the molecule is CC(C)COC(=O)c1ccc(NC(=O)COC(=O)c2ccc(N3C(=O)[C@H]4[C@H](C3=O)[C@H]3C=C[C@H]4C3)cc2)cc1. The number of rotatable bonds is 8. The minimum Gasteiger partial charge on any atom is -0.462 e. The van der Waals surface area contributed by atoms with Crippen LogP contribution in [0.3, 0.4) is 0 Å². The highest BCUT2D eigenvalue weighted by atomic mass is 16.5. The first-order valence-electron chi connectivity index (χ1n) is 12.6. The molecule has 5 rings (SSSR count). The number of anilines is 2. The average molecular weight is 517 g/mol. The Morgan fingerprint density at radius 3 is 1.92 bits per heavy atom. The Hall–Kier alpha value is -4.27. The molecule has 9 heteroatoms. The van der Waals surface area contributed by atoms with Crippen LogP contribution in [0.2, 0.25) is 0 Å². The highest BCUT2D eigenvalue weighted by Crippen LogP contribution is 2.53. The lowest BCUT2D eigenvalue weighted by Gasteiger charge is -2.17. The van der Waals surface area contributed by atoms with Crippen LogP contribution in [0.15, 0.2) is 60.7 Å². The van der Waals surface area contributed by atoms with E-state index in [1.807, 2.05) is 26.0 Å². The topological polar surface area (TPSA) is 119 Å². The van der Waals surface area contributed by atoms with Gasteiger partial charge in [-0.3, -0.25) is 19.3 Å². The minimum atomic E-state index is -0.715. The van der Waals surface area contributed by atoms with Crippen LogP contribution in [0.4, 0.5) is 11.4 Å². The first kappa shape index (κ1) is 25.4. The number of imide groups is 1. The summed E-state index contributed by atoms with van der Waals surface area (Å²) in [5.41, 5.74) is 1.40. The van der Waals surface area contributed by atoms with Crippen molar-refractivity contribution in [3.8, 4) is 0 Å². The average Bonchev–Trinajstić information content (AvgIpc) is 3.60. The van der Waals surface area contributed by atoms with Crippen molar-refractivity contribution in [2.75, 3.05) is 23.4 Å². The van der Waals surface area contributed by atoms with E-state index in [1.54, 1.807) is 12.1 Å². The maximum absolute atomic E-state index is 13.0. The van der Waals surface area contributed by atoms with Crippen molar-refractivity contribution in [2.24, 2.45) is 29.6 Å². The zero-order valence-electron chi connectivity index (χ0n) is 21.1. The number of nitrogens with zero attached hydrogens (tertiary/aromatic N) is 1. The van der Waals surface area contributed by atoms with Crippen LogP contribution in [0.5, 0.6) is 0 Å². The van der Waals surface area contributed by atoms with Crippen LogP contribution < -0.4 is 10.2 Å². The molecule has 3 amide bonds. The fourth-order valence-electron chi connectivity index (χ4n) is 5.33. The third-order valence-electron chi connectivity index (χ3n) is 7.12. The second-order valence-electron chi connectivity index (χ2n) is 10.3. The van der Waals surface area contributed by atoms with Crippen LogP contribution in [0.25, 0.3) is 0 Å². The Kier molecular flexibility index (Phi) is 6.84. The molecule has 0 spiro atoms. The van der Waals surface area contributed by atoms with Crippen LogP contribution >= 0.6 is 0 Å². The third-order valence-corrected chi connectivity index (χ3v) is 7.12. The standard InChI is InChI=1S/C29H28N2O7/c1-16(2)14-37-28(35)17-5-9-21(10-6-17)30-23(32)15-38-29(36)18-7-11-22(12-8-18)31-26(33)24-19-3-4-20(13-19)25(24)27(31)34/h3-12,16,19-20,24-25H,13-15H2,1-2H3,(H,30,32)/t19-,20-,24+,25+/m0/s1. The van der Waals surface area contributed by atoms with Crippen molar-refractivity contribution in [3.63, 3.8) is 0 Å². The van der Waals surface area contributed by atoms with E-state index < -0.39 is 24.5 Å². The first-order valence-corrected chi connectivity index (χ1v) is 12.6.